The number of fused-ring (bicyclic) bond motifs is 1. The first-order valence-corrected chi connectivity index (χ1v) is 6.86. The van der Waals surface area contributed by atoms with Crippen LogP contribution in [0.2, 0.25) is 0 Å². The number of benzene rings is 1. The fraction of sp³-hybridized carbons (Fsp3) is 0.125. The fourth-order valence-electron chi connectivity index (χ4n) is 2.23. The third-order valence-electron chi connectivity index (χ3n) is 3.41. The van der Waals surface area contributed by atoms with Crippen molar-refractivity contribution in [2.24, 2.45) is 0 Å². The summed E-state index contributed by atoms with van der Waals surface area (Å²) in [4.78, 5) is 42.6. The van der Waals surface area contributed by atoms with E-state index in [1.807, 2.05) is 30.3 Å². The number of rotatable bonds is 3. The topological polar surface area (TPSA) is 94.1 Å². The highest BCUT2D eigenvalue weighted by Gasteiger charge is 2.13. The molecule has 0 aliphatic carbocycles. The maximum absolute atomic E-state index is 12.5. The maximum Gasteiger partial charge on any atom is 0.329 e. The molecule has 0 spiro atoms. The molecule has 0 aliphatic heterocycles. The van der Waals surface area contributed by atoms with E-state index in [1.54, 1.807) is 12.1 Å². The molecule has 0 bridgehead atoms. The molecule has 7 heteroatoms. The number of ether oxygens (including phenoxy) is 1. The Morgan fingerprint density at radius 2 is 1.91 bits per heavy atom. The molecular formula is C16H13N3O4. The van der Waals surface area contributed by atoms with Crippen LogP contribution < -0.4 is 11.2 Å². The van der Waals surface area contributed by atoms with Crippen LogP contribution in [0.15, 0.2) is 52.1 Å². The van der Waals surface area contributed by atoms with E-state index in [0.29, 0.717) is 11.2 Å². The van der Waals surface area contributed by atoms with Crippen LogP contribution in [0, 0.1) is 0 Å². The smallest absolute Gasteiger partial charge is 0.329 e. The first kappa shape index (κ1) is 14.7. The molecule has 3 aromatic rings. The number of esters is 1. The lowest BCUT2D eigenvalue weighted by Gasteiger charge is -2.06. The predicted molar refractivity (Wildman–Crippen MR) is 84.1 cm³/mol. The van der Waals surface area contributed by atoms with Crippen LogP contribution in [0.25, 0.3) is 22.3 Å². The lowest BCUT2D eigenvalue weighted by Crippen LogP contribution is -2.38. The van der Waals surface area contributed by atoms with Gasteiger partial charge in [-0.15, -0.1) is 0 Å². The summed E-state index contributed by atoms with van der Waals surface area (Å²) in [6, 6.07) is 12.7. The molecule has 0 radical (unpaired) electrons. The van der Waals surface area contributed by atoms with Gasteiger partial charge in [0.15, 0.2) is 5.52 Å². The van der Waals surface area contributed by atoms with E-state index < -0.39 is 23.8 Å². The van der Waals surface area contributed by atoms with Crippen molar-refractivity contribution >= 4 is 17.0 Å². The van der Waals surface area contributed by atoms with E-state index in [1.165, 1.54) is 7.11 Å². The number of H-pyrrole nitrogens is 1. The summed E-state index contributed by atoms with van der Waals surface area (Å²) in [7, 11) is 1.19. The Morgan fingerprint density at radius 3 is 2.61 bits per heavy atom. The zero-order valence-electron chi connectivity index (χ0n) is 12.3. The minimum atomic E-state index is -0.684. The molecule has 2 aromatic heterocycles. The molecule has 1 aromatic carbocycles. The average molecular weight is 311 g/mol. The number of nitrogens with one attached hydrogen (secondary N) is 1. The molecule has 0 atom stereocenters. The van der Waals surface area contributed by atoms with E-state index >= 15 is 0 Å². The molecule has 7 nitrogen and oxygen atoms in total. The highest BCUT2D eigenvalue weighted by Crippen LogP contribution is 2.17. The Balaban J connectivity index is 2.20. The molecule has 0 amide bonds. The summed E-state index contributed by atoms with van der Waals surface area (Å²) in [5.41, 5.74) is 0.552. The first-order chi connectivity index (χ1) is 11.1. The molecule has 23 heavy (non-hydrogen) atoms. The van der Waals surface area contributed by atoms with Gasteiger partial charge in [0.25, 0.3) is 5.56 Å². The van der Waals surface area contributed by atoms with Gasteiger partial charge in [0, 0.05) is 5.56 Å². The average Bonchev–Trinajstić information content (AvgIpc) is 2.59. The first-order valence-electron chi connectivity index (χ1n) is 6.86. The monoisotopic (exact) mass is 311 g/mol. The van der Waals surface area contributed by atoms with Gasteiger partial charge in [-0.05, 0) is 12.1 Å². The molecule has 116 valence electrons. The van der Waals surface area contributed by atoms with Gasteiger partial charge in [-0.2, -0.15) is 0 Å². The summed E-state index contributed by atoms with van der Waals surface area (Å²) < 4.78 is 5.27. The summed E-state index contributed by atoms with van der Waals surface area (Å²) in [5.74, 6) is -0.684. The van der Waals surface area contributed by atoms with Gasteiger partial charge >= 0.3 is 11.7 Å². The van der Waals surface area contributed by atoms with Gasteiger partial charge in [0.1, 0.15) is 6.54 Å². The van der Waals surface area contributed by atoms with Gasteiger partial charge in [-0.1, -0.05) is 30.3 Å². The van der Waals surface area contributed by atoms with Crippen molar-refractivity contribution in [1.82, 2.24) is 14.5 Å². The Labute approximate surface area is 130 Å². The standard InChI is InChI=1S/C16H13N3O4/c1-23-13(20)9-19-15(21)14-12(18-16(19)22)8-7-11(17-14)10-5-3-2-4-6-10/h2-8H,9H2,1H3,(H,18,22). The summed E-state index contributed by atoms with van der Waals surface area (Å²) in [6.45, 7) is -0.460. The largest absolute Gasteiger partial charge is 0.468 e. The third-order valence-corrected chi connectivity index (χ3v) is 3.41. The molecule has 0 unspecified atom stereocenters. The molecule has 2 heterocycles. The molecule has 0 aliphatic rings. The normalized spacial score (nSPS) is 10.7. The third kappa shape index (κ3) is 2.76. The number of hydrogen-bond acceptors (Lipinski definition) is 5. The summed E-state index contributed by atoms with van der Waals surface area (Å²) >= 11 is 0. The van der Waals surface area contributed by atoms with Gasteiger partial charge in [-0.3, -0.25) is 9.59 Å². The number of aromatic nitrogens is 3. The van der Waals surface area contributed by atoms with E-state index in [0.717, 1.165) is 10.1 Å². The van der Waals surface area contributed by atoms with Crippen LogP contribution in [0.1, 0.15) is 0 Å². The number of pyridine rings is 1. The number of carbonyl (C=O) groups excluding carboxylic acids is 1. The van der Waals surface area contributed by atoms with E-state index in [9.17, 15) is 14.4 Å². The number of hydrogen-bond donors (Lipinski definition) is 1. The van der Waals surface area contributed by atoms with Crippen molar-refractivity contribution in [2.75, 3.05) is 7.11 Å². The molecule has 0 saturated heterocycles. The Hall–Kier alpha value is -3.22. The summed E-state index contributed by atoms with van der Waals surface area (Å²) in [5, 5.41) is 0. The van der Waals surface area contributed by atoms with Crippen LogP contribution in [-0.4, -0.2) is 27.6 Å². The van der Waals surface area contributed by atoms with Crippen molar-refractivity contribution in [3.8, 4) is 11.3 Å². The summed E-state index contributed by atoms with van der Waals surface area (Å²) in [6.07, 6.45) is 0. The fourth-order valence-corrected chi connectivity index (χ4v) is 2.23. The van der Waals surface area contributed by atoms with Gasteiger partial charge in [-0.25, -0.2) is 14.3 Å². The second kappa shape index (κ2) is 5.88. The molecule has 0 saturated carbocycles. The molecule has 0 fully saturated rings. The molecule has 3 rings (SSSR count). The number of aromatic amines is 1. The lowest BCUT2D eigenvalue weighted by atomic mass is 10.1. The van der Waals surface area contributed by atoms with Crippen molar-refractivity contribution in [3.63, 3.8) is 0 Å². The highest BCUT2D eigenvalue weighted by atomic mass is 16.5. The lowest BCUT2D eigenvalue weighted by molar-refractivity contribution is -0.141. The number of carbonyl (C=O) groups is 1. The van der Waals surface area contributed by atoms with Crippen LogP contribution in [0.4, 0.5) is 0 Å². The van der Waals surface area contributed by atoms with Crippen molar-refractivity contribution in [2.45, 2.75) is 6.54 Å². The molecular weight excluding hydrogens is 298 g/mol. The van der Waals surface area contributed by atoms with Crippen LogP contribution in [-0.2, 0) is 16.1 Å². The van der Waals surface area contributed by atoms with Gasteiger partial charge < -0.3 is 9.72 Å². The highest BCUT2D eigenvalue weighted by molar-refractivity contribution is 5.77. The van der Waals surface area contributed by atoms with Crippen molar-refractivity contribution in [3.05, 3.63) is 63.3 Å². The molecule has 1 N–H and O–H groups in total. The second-order valence-corrected chi connectivity index (χ2v) is 4.86. The number of nitrogens with zero attached hydrogens (tertiary/aromatic N) is 2. The van der Waals surface area contributed by atoms with Crippen LogP contribution >= 0.6 is 0 Å². The minimum absolute atomic E-state index is 0.0925. The Bertz CT molecular complexity index is 990. The van der Waals surface area contributed by atoms with E-state index in [4.69, 9.17) is 0 Å². The van der Waals surface area contributed by atoms with Gasteiger partial charge in [0.05, 0.1) is 18.3 Å². The van der Waals surface area contributed by atoms with Crippen LogP contribution in [0.3, 0.4) is 0 Å². The maximum atomic E-state index is 12.5. The zero-order chi connectivity index (χ0) is 16.4. The van der Waals surface area contributed by atoms with E-state index in [-0.39, 0.29) is 5.52 Å². The predicted octanol–water partition coefficient (Wildman–Crippen LogP) is 0.925. The minimum Gasteiger partial charge on any atom is -0.468 e. The van der Waals surface area contributed by atoms with Crippen molar-refractivity contribution < 1.29 is 9.53 Å². The number of methoxy groups -OCH3 is 1. The zero-order valence-corrected chi connectivity index (χ0v) is 12.3. The van der Waals surface area contributed by atoms with E-state index in [2.05, 4.69) is 14.7 Å². The Morgan fingerprint density at radius 1 is 1.17 bits per heavy atom. The van der Waals surface area contributed by atoms with Crippen LogP contribution in [0.5, 0.6) is 0 Å². The quantitative estimate of drug-likeness (QED) is 0.726. The van der Waals surface area contributed by atoms with Crippen molar-refractivity contribution in [1.29, 1.82) is 0 Å². The Kier molecular flexibility index (Phi) is 3.76. The SMILES string of the molecule is COC(=O)Cn1c(=O)[nH]c2ccc(-c3ccccc3)nc2c1=O. The van der Waals surface area contributed by atoms with Gasteiger partial charge in [0.2, 0.25) is 0 Å². The second-order valence-electron chi connectivity index (χ2n) is 4.86.